The van der Waals surface area contributed by atoms with E-state index in [-0.39, 0.29) is 30.5 Å². The summed E-state index contributed by atoms with van der Waals surface area (Å²) >= 11 is 0. The zero-order chi connectivity index (χ0) is 22.2. The average Bonchev–Trinajstić information content (AvgIpc) is 3.22. The van der Waals surface area contributed by atoms with Crippen LogP contribution in [0.1, 0.15) is 17.2 Å². The van der Waals surface area contributed by atoms with Crippen molar-refractivity contribution in [3.05, 3.63) is 57.6 Å². The lowest BCUT2D eigenvalue weighted by molar-refractivity contribution is -0.385. The molecule has 1 fully saturated rings. The number of β-amino-alcohol motifs (C(OH)–C–C–N with tert-alkyl or cyclic N) is 1. The maximum atomic E-state index is 13.1. The van der Waals surface area contributed by atoms with Gasteiger partial charge < -0.3 is 14.6 Å². The van der Waals surface area contributed by atoms with Gasteiger partial charge in [0.05, 0.1) is 15.9 Å². The molecular formula is C20H23N3O7S. The molecule has 1 atom stereocenters. The van der Waals surface area contributed by atoms with E-state index in [1.54, 1.807) is 25.1 Å². The molecule has 0 bridgehead atoms. The second kappa shape index (κ2) is 8.42. The van der Waals surface area contributed by atoms with Crippen LogP contribution >= 0.6 is 0 Å². The molecule has 10 nitrogen and oxygen atoms in total. The number of aliphatic hydroxyl groups is 1. The summed E-state index contributed by atoms with van der Waals surface area (Å²) in [5.41, 5.74) is 0.910. The van der Waals surface area contributed by atoms with Crippen LogP contribution in [0.3, 0.4) is 0 Å². The van der Waals surface area contributed by atoms with Crippen molar-refractivity contribution in [2.75, 3.05) is 39.5 Å². The smallest absolute Gasteiger partial charge is 0.270 e. The van der Waals surface area contributed by atoms with Gasteiger partial charge in [-0.25, -0.2) is 8.42 Å². The molecule has 0 amide bonds. The quantitative estimate of drug-likeness (QED) is 0.522. The number of hydrogen-bond donors (Lipinski definition) is 1. The van der Waals surface area contributed by atoms with Crippen LogP contribution in [-0.4, -0.2) is 67.2 Å². The van der Waals surface area contributed by atoms with Crippen LogP contribution < -0.4 is 9.47 Å². The summed E-state index contributed by atoms with van der Waals surface area (Å²) < 4.78 is 38.1. The Bertz CT molecular complexity index is 1100. The summed E-state index contributed by atoms with van der Waals surface area (Å²) in [6.45, 7) is 3.48. The number of fused-ring (bicyclic) bond motifs is 1. The van der Waals surface area contributed by atoms with E-state index in [2.05, 4.69) is 0 Å². The van der Waals surface area contributed by atoms with Gasteiger partial charge in [-0.2, -0.15) is 4.31 Å². The largest absolute Gasteiger partial charge is 0.454 e. The molecule has 1 saturated heterocycles. The SMILES string of the molecule is Cc1ccc([N+](=O)[O-])cc1S(=O)(=O)N1CCN(C[C@@H](O)c2ccc3c(c2)OCO3)CC1. The number of benzene rings is 2. The van der Waals surface area contributed by atoms with Crippen LogP contribution in [0.2, 0.25) is 0 Å². The number of nitro benzene ring substituents is 1. The molecule has 4 rings (SSSR count). The van der Waals surface area contributed by atoms with E-state index in [0.717, 1.165) is 6.07 Å². The van der Waals surface area contributed by atoms with Crippen LogP contribution in [0.25, 0.3) is 0 Å². The summed E-state index contributed by atoms with van der Waals surface area (Å²) in [4.78, 5) is 12.4. The number of hydrogen-bond acceptors (Lipinski definition) is 8. The predicted molar refractivity (Wildman–Crippen MR) is 111 cm³/mol. The molecule has 0 radical (unpaired) electrons. The number of non-ortho nitro benzene ring substituents is 1. The predicted octanol–water partition coefficient (Wildman–Crippen LogP) is 1.67. The number of aliphatic hydroxyl groups excluding tert-OH is 1. The van der Waals surface area contributed by atoms with Crippen molar-refractivity contribution >= 4 is 15.7 Å². The van der Waals surface area contributed by atoms with E-state index in [1.165, 1.54) is 16.4 Å². The average molecular weight is 449 g/mol. The Labute approximate surface area is 179 Å². The number of aryl methyl sites for hydroxylation is 1. The monoisotopic (exact) mass is 449 g/mol. The minimum atomic E-state index is -3.85. The van der Waals surface area contributed by atoms with Crippen molar-refractivity contribution in [2.45, 2.75) is 17.9 Å². The molecule has 2 aromatic carbocycles. The van der Waals surface area contributed by atoms with Gasteiger partial charge in [-0.05, 0) is 30.2 Å². The molecule has 0 aromatic heterocycles. The van der Waals surface area contributed by atoms with E-state index >= 15 is 0 Å². The molecular weight excluding hydrogens is 426 g/mol. The molecule has 0 aliphatic carbocycles. The van der Waals surface area contributed by atoms with Gasteiger partial charge in [0.1, 0.15) is 0 Å². The second-order valence-corrected chi connectivity index (χ2v) is 9.45. The molecule has 2 aliphatic rings. The summed E-state index contributed by atoms with van der Waals surface area (Å²) in [7, 11) is -3.85. The van der Waals surface area contributed by atoms with Crippen molar-refractivity contribution < 1.29 is 27.9 Å². The topological polar surface area (TPSA) is 122 Å². The third-order valence-electron chi connectivity index (χ3n) is 5.54. The highest BCUT2D eigenvalue weighted by molar-refractivity contribution is 7.89. The minimum Gasteiger partial charge on any atom is -0.454 e. The summed E-state index contributed by atoms with van der Waals surface area (Å²) in [6, 6.07) is 9.14. The van der Waals surface area contributed by atoms with Crippen LogP contribution in [0.4, 0.5) is 5.69 Å². The van der Waals surface area contributed by atoms with Crippen molar-refractivity contribution in [1.82, 2.24) is 9.21 Å². The first-order valence-electron chi connectivity index (χ1n) is 9.81. The molecule has 0 spiro atoms. The van der Waals surface area contributed by atoms with Crippen LogP contribution in [-0.2, 0) is 10.0 Å². The zero-order valence-electron chi connectivity index (χ0n) is 16.9. The lowest BCUT2D eigenvalue weighted by Gasteiger charge is -2.35. The van der Waals surface area contributed by atoms with E-state index in [4.69, 9.17) is 9.47 Å². The van der Waals surface area contributed by atoms with Crippen LogP contribution in [0.5, 0.6) is 11.5 Å². The Morgan fingerprint density at radius 1 is 1.10 bits per heavy atom. The summed E-state index contributed by atoms with van der Waals surface area (Å²) in [5.74, 6) is 1.24. The number of ether oxygens (including phenoxy) is 2. The third kappa shape index (κ3) is 4.35. The van der Waals surface area contributed by atoms with Gasteiger partial charge in [-0.1, -0.05) is 12.1 Å². The number of nitrogens with zero attached hydrogens (tertiary/aromatic N) is 3. The van der Waals surface area contributed by atoms with Gasteiger partial charge in [-0.3, -0.25) is 15.0 Å². The lowest BCUT2D eigenvalue weighted by Crippen LogP contribution is -2.49. The third-order valence-corrected chi connectivity index (χ3v) is 7.58. The van der Waals surface area contributed by atoms with Crippen molar-refractivity contribution in [1.29, 1.82) is 0 Å². The number of rotatable bonds is 6. The van der Waals surface area contributed by atoms with Crippen LogP contribution in [0, 0.1) is 17.0 Å². The van der Waals surface area contributed by atoms with Gasteiger partial charge >= 0.3 is 0 Å². The Balaban J connectivity index is 1.40. The maximum Gasteiger partial charge on any atom is 0.270 e. The highest BCUT2D eigenvalue weighted by Crippen LogP contribution is 2.34. The van der Waals surface area contributed by atoms with E-state index < -0.39 is 21.1 Å². The lowest BCUT2D eigenvalue weighted by atomic mass is 10.1. The Hall–Kier alpha value is -2.73. The molecule has 2 heterocycles. The molecule has 166 valence electrons. The van der Waals surface area contributed by atoms with E-state index in [0.29, 0.717) is 42.3 Å². The van der Waals surface area contributed by atoms with Gasteiger partial charge in [-0.15, -0.1) is 0 Å². The van der Waals surface area contributed by atoms with Crippen molar-refractivity contribution in [3.8, 4) is 11.5 Å². The molecule has 2 aromatic rings. The molecule has 11 heteroatoms. The van der Waals surface area contributed by atoms with E-state index in [1.807, 2.05) is 4.90 Å². The second-order valence-electron chi connectivity index (χ2n) is 7.54. The molecule has 2 aliphatic heterocycles. The number of piperazine rings is 1. The van der Waals surface area contributed by atoms with Crippen molar-refractivity contribution in [2.24, 2.45) is 0 Å². The fraction of sp³-hybridized carbons (Fsp3) is 0.400. The van der Waals surface area contributed by atoms with Gasteiger partial charge in [0, 0.05) is 44.9 Å². The molecule has 31 heavy (non-hydrogen) atoms. The molecule has 0 saturated carbocycles. The first kappa shape index (κ1) is 21.5. The number of nitro groups is 1. The summed E-state index contributed by atoms with van der Waals surface area (Å²) in [6.07, 6.45) is -0.753. The maximum absolute atomic E-state index is 13.1. The Morgan fingerprint density at radius 2 is 1.81 bits per heavy atom. The normalized spacial score (nSPS) is 18.1. The number of sulfonamides is 1. The highest BCUT2D eigenvalue weighted by Gasteiger charge is 2.31. The van der Waals surface area contributed by atoms with Gasteiger partial charge in [0.2, 0.25) is 16.8 Å². The Kier molecular flexibility index (Phi) is 5.84. The van der Waals surface area contributed by atoms with Crippen LogP contribution in [0.15, 0.2) is 41.3 Å². The molecule has 0 unspecified atom stereocenters. The first-order valence-corrected chi connectivity index (χ1v) is 11.2. The fourth-order valence-electron chi connectivity index (χ4n) is 3.74. The molecule has 1 N–H and O–H groups in total. The van der Waals surface area contributed by atoms with Gasteiger partial charge in [0.25, 0.3) is 5.69 Å². The fourth-order valence-corrected chi connectivity index (χ4v) is 5.41. The standard InChI is InChI=1S/C20H23N3O7S/c1-14-2-4-16(23(25)26)11-20(14)31(27,28)22-8-6-21(7-9-22)12-17(24)15-3-5-18-19(10-15)30-13-29-18/h2-5,10-11,17,24H,6-9,12-13H2,1H3/t17-/m1/s1. The highest BCUT2D eigenvalue weighted by atomic mass is 32.2. The van der Waals surface area contributed by atoms with Crippen molar-refractivity contribution in [3.63, 3.8) is 0 Å². The zero-order valence-corrected chi connectivity index (χ0v) is 17.7. The van der Waals surface area contributed by atoms with E-state index in [9.17, 15) is 23.6 Å². The van der Waals surface area contributed by atoms with Gasteiger partial charge in [0.15, 0.2) is 11.5 Å². The first-order chi connectivity index (χ1) is 14.8. The Morgan fingerprint density at radius 3 is 2.52 bits per heavy atom. The minimum absolute atomic E-state index is 0.0458. The summed E-state index contributed by atoms with van der Waals surface area (Å²) in [5, 5.41) is 21.6.